The first kappa shape index (κ1) is 15.4. The predicted molar refractivity (Wildman–Crippen MR) is 77.9 cm³/mol. The Morgan fingerprint density at radius 1 is 1.33 bits per heavy atom. The summed E-state index contributed by atoms with van der Waals surface area (Å²) < 4.78 is 10.2. The van der Waals surface area contributed by atoms with E-state index in [-0.39, 0.29) is 24.4 Å². The number of para-hydroxylation sites is 1. The second-order valence-electron chi connectivity index (χ2n) is 5.34. The summed E-state index contributed by atoms with van der Waals surface area (Å²) in [5, 5.41) is 2.74. The summed E-state index contributed by atoms with van der Waals surface area (Å²) in [5.41, 5.74) is 1.03. The summed E-state index contributed by atoms with van der Waals surface area (Å²) in [5.74, 6) is 0.660. The first-order valence-electron chi connectivity index (χ1n) is 7.17. The number of nitrogens with one attached hydrogen (secondary N) is 1. The summed E-state index contributed by atoms with van der Waals surface area (Å²) in [7, 11) is 1.62. The lowest BCUT2D eigenvalue weighted by atomic mass is 10.1. The Morgan fingerprint density at radius 3 is 2.71 bits per heavy atom. The highest BCUT2D eigenvalue weighted by atomic mass is 16.5. The van der Waals surface area contributed by atoms with Gasteiger partial charge in [0.25, 0.3) is 5.91 Å². The highest BCUT2D eigenvalue weighted by Crippen LogP contribution is 2.38. The Kier molecular flexibility index (Phi) is 5.20. The highest BCUT2D eigenvalue weighted by molar-refractivity contribution is 5.82. The van der Waals surface area contributed by atoms with Crippen molar-refractivity contribution in [1.82, 2.24) is 5.32 Å². The Balaban J connectivity index is 1.66. The van der Waals surface area contributed by atoms with Crippen molar-refractivity contribution in [2.45, 2.75) is 19.8 Å². The molecule has 0 aliphatic heterocycles. The lowest BCUT2D eigenvalue weighted by molar-refractivity contribution is -0.150. The van der Waals surface area contributed by atoms with Gasteiger partial charge in [-0.3, -0.25) is 9.59 Å². The molecule has 2 rings (SSSR count). The first-order valence-corrected chi connectivity index (χ1v) is 7.17. The molecule has 0 heterocycles. The number of carbonyl (C=O) groups excluding carboxylic acids is 2. The summed E-state index contributed by atoms with van der Waals surface area (Å²) >= 11 is 0. The van der Waals surface area contributed by atoms with Gasteiger partial charge < -0.3 is 14.8 Å². The fraction of sp³-hybridized carbons (Fsp3) is 0.500. The molecule has 21 heavy (non-hydrogen) atoms. The van der Waals surface area contributed by atoms with Gasteiger partial charge in [0.15, 0.2) is 6.61 Å². The van der Waals surface area contributed by atoms with Crippen LogP contribution in [0.2, 0.25) is 0 Å². The molecule has 1 fully saturated rings. The van der Waals surface area contributed by atoms with Gasteiger partial charge in [-0.15, -0.1) is 0 Å². The molecule has 1 saturated carbocycles. The molecule has 0 saturated heterocycles. The number of carbonyl (C=O) groups is 2. The minimum absolute atomic E-state index is 0.00798. The van der Waals surface area contributed by atoms with Crippen molar-refractivity contribution in [1.29, 1.82) is 0 Å². The van der Waals surface area contributed by atoms with Crippen LogP contribution >= 0.6 is 0 Å². The second kappa shape index (κ2) is 7.11. The Bertz CT molecular complexity index is 515. The van der Waals surface area contributed by atoms with E-state index in [9.17, 15) is 9.59 Å². The van der Waals surface area contributed by atoms with Gasteiger partial charge in [0, 0.05) is 6.54 Å². The van der Waals surface area contributed by atoms with Crippen LogP contribution < -0.4 is 10.1 Å². The predicted octanol–water partition coefficient (Wildman–Crippen LogP) is 1.55. The van der Waals surface area contributed by atoms with Crippen molar-refractivity contribution in [3.63, 3.8) is 0 Å². The molecule has 0 bridgehead atoms. The lowest BCUT2D eigenvalue weighted by Gasteiger charge is -2.09. The molecule has 0 aromatic heterocycles. The summed E-state index contributed by atoms with van der Waals surface area (Å²) in [6.07, 6.45) is 1.54. The van der Waals surface area contributed by atoms with E-state index in [1.807, 2.05) is 31.2 Å². The van der Waals surface area contributed by atoms with E-state index in [0.29, 0.717) is 18.9 Å². The number of amides is 1. The van der Waals surface area contributed by atoms with Gasteiger partial charge in [-0.25, -0.2) is 0 Å². The largest absolute Gasteiger partial charge is 0.496 e. The van der Waals surface area contributed by atoms with E-state index in [2.05, 4.69) is 5.32 Å². The van der Waals surface area contributed by atoms with E-state index < -0.39 is 0 Å². The maximum atomic E-state index is 11.6. The minimum Gasteiger partial charge on any atom is -0.496 e. The fourth-order valence-electron chi connectivity index (χ4n) is 2.19. The van der Waals surface area contributed by atoms with Crippen molar-refractivity contribution < 1.29 is 19.1 Å². The summed E-state index contributed by atoms with van der Waals surface area (Å²) in [6.45, 7) is 2.28. The average molecular weight is 291 g/mol. The van der Waals surface area contributed by atoms with E-state index in [0.717, 1.165) is 17.7 Å². The molecule has 5 heteroatoms. The number of esters is 1. The Morgan fingerprint density at radius 2 is 2.05 bits per heavy atom. The van der Waals surface area contributed by atoms with E-state index >= 15 is 0 Å². The number of methoxy groups -OCH3 is 1. The fourth-order valence-corrected chi connectivity index (χ4v) is 2.19. The monoisotopic (exact) mass is 291 g/mol. The summed E-state index contributed by atoms with van der Waals surface area (Å²) in [4.78, 5) is 23.1. The molecule has 1 aromatic carbocycles. The maximum absolute atomic E-state index is 11.6. The number of rotatable bonds is 7. The van der Waals surface area contributed by atoms with E-state index in [4.69, 9.17) is 9.47 Å². The van der Waals surface area contributed by atoms with E-state index in [1.165, 1.54) is 0 Å². The van der Waals surface area contributed by atoms with Crippen molar-refractivity contribution in [2.24, 2.45) is 11.8 Å². The molecule has 1 N–H and O–H groups in total. The van der Waals surface area contributed by atoms with Gasteiger partial charge >= 0.3 is 5.97 Å². The van der Waals surface area contributed by atoms with Crippen LogP contribution in [0, 0.1) is 11.8 Å². The zero-order valence-electron chi connectivity index (χ0n) is 12.4. The quantitative estimate of drug-likeness (QED) is 0.774. The number of benzene rings is 1. The van der Waals surface area contributed by atoms with Gasteiger partial charge in [-0.05, 0) is 30.4 Å². The Hall–Kier alpha value is -2.04. The smallest absolute Gasteiger partial charge is 0.309 e. The van der Waals surface area contributed by atoms with Crippen LogP contribution in [0.25, 0.3) is 0 Å². The Labute approximate surface area is 124 Å². The van der Waals surface area contributed by atoms with E-state index in [1.54, 1.807) is 7.11 Å². The number of ether oxygens (including phenoxy) is 2. The first-order chi connectivity index (χ1) is 10.1. The maximum Gasteiger partial charge on any atom is 0.309 e. The van der Waals surface area contributed by atoms with Crippen molar-refractivity contribution in [3.8, 4) is 5.75 Å². The molecule has 1 aromatic rings. The SMILES string of the molecule is COc1ccccc1CCNC(=O)COC(=O)[C@H]1C[C@H]1C. The highest BCUT2D eigenvalue weighted by Gasteiger charge is 2.40. The number of hydrogen-bond acceptors (Lipinski definition) is 4. The zero-order valence-corrected chi connectivity index (χ0v) is 12.4. The third-order valence-electron chi connectivity index (χ3n) is 3.67. The van der Waals surface area contributed by atoms with Gasteiger partial charge in [-0.2, -0.15) is 0 Å². The molecule has 114 valence electrons. The molecule has 5 nitrogen and oxygen atoms in total. The molecule has 0 unspecified atom stereocenters. The van der Waals surface area contributed by atoms with Crippen LogP contribution in [0.15, 0.2) is 24.3 Å². The van der Waals surface area contributed by atoms with Crippen LogP contribution in [0.5, 0.6) is 5.75 Å². The molecule has 0 spiro atoms. The standard InChI is InChI=1S/C16H21NO4/c1-11-9-13(11)16(19)21-10-15(18)17-8-7-12-5-3-4-6-14(12)20-2/h3-6,11,13H,7-10H2,1-2H3,(H,17,18)/t11-,13+/m1/s1. The van der Waals surface area contributed by atoms with Crippen molar-refractivity contribution >= 4 is 11.9 Å². The average Bonchev–Trinajstić information content (AvgIpc) is 3.22. The molecular formula is C16H21NO4. The molecule has 1 aliphatic rings. The molecular weight excluding hydrogens is 270 g/mol. The third kappa shape index (κ3) is 4.48. The van der Waals surface area contributed by atoms with Crippen molar-refractivity contribution in [2.75, 3.05) is 20.3 Å². The molecule has 1 aliphatic carbocycles. The topological polar surface area (TPSA) is 64.6 Å². The van der Waals surface area contributed by atoms with Crippen LogP contribution in [0.1, 0.15) is 18.9 Å². The lowest BCUT2D eigenvalue weighted by Crippen LogP contribution is -2.30. The van der Waals surface area contributed by atoms with Crippen molar-refractivity contribution in [3.05, 3.63) is 29.8 Å². The number of hydrogen-bond donors (Lipinski definition) is 1. The van der Waals surface area contributed by atoms with Crippen LogP contribution in [0.4, 0.5) is 0 Å². The van der Waals surface area contributed by atoms with Gasteiger partial charge in [0.2, 0.25) is 0 Å². The molecule has 0 radical (unpaired) electrons. The second-order valence-corrected chi connectivity index (χ2v) is 5.34. The summed E-state index contributed by atoms with van der Waals surface area (Å²) in [6, 6.07) is 7.67. The van der Waals surface area contributed by atoms with Crippen LogP contribution in [0.3, 0.4) is 0 Å². The van der Waals surface area contributed by atoms with Gasteiger partial charge in [0.1, 0.15) is 5.75 Å². The molecule has 1 amide bonds. The minimum atomic E-state index is -0.272. The normalized spacial score (nSPS) is 19.7. The zero-order chi connectivity index (χ0) is 15.2. The van der Waals surface area contributed by atoms with Gasteiger partial charge in [0.05, 0.1) is 13.0 Å². The van der Waals surface area contributed by atoms with Crippen LogP contribution in [-0.4, -0.2) is 32.1 Å². The van der Waals surface area contributed by atoms with Gasteiger partial charge in [-0.1, -0.05) is 25.1 Å². The van der Waals surface area contributed by atoms with Crippen LogP contribution in [-0.2, 0) is 20.7 Å². The third-order valence-corrected chi connectivity index (χ3v) is 3.67. The molecule has 2 atom stereocenters.